The quantitative estimate of drug-likeness (QED) is 0.673. The van der Waals surface area contributed by atoms with Gasteiger partial charge in [-0.15, -0.1) is 0 Å². The van der Waals surface area contributed by atoms with Gasteiger partial charge in [0.1, 0.15) is 18.8 Å². The van der Waals surface area contributed by atoms with Crippen molar-refractivity contribution in [1.82, 2.24) is 14.8 Å². The number of rotatable bonds is 5. The molecule has 1 atom stereocenters. The van der Waals surface area contributed by atoms with Crippen molar-refractivity contribution < 1.29 is 9.53 Å². The maximum Gasteiger partial charge on any atom is 0.338 e. The normalized spacial score (nSPS) is 11.9. The molecule has 0 aliphatic rings. The SMILES string of the molecule is O=C(O[C@@H](Cn1cncn1)c1ccc(Cl)cc1)c1ccccc1. The van der Waals surface area contributed by atoms with E-state index in [4.69, 9.17) is 16.3 Å². The summed E-state index contributed by atoms with van der Waals surface area (Å²) in [4.78, 5) is 16.2. The summed E-state index contributed by atoms with van der Waals surface area (Å²) in [6, 6.07) is 16.1. The van der Waals surface area contributed by atoms with Crippen LogP contribution in [-0.4, -0.2) is 20.7 Å². The molecule has 0 saturated carbocycles. The number of ether oxygens (including phenoxy) is 1. The van der Waals surface area contributed by atoms with Crippen LogP contribution in [0.15, 0.2) is 67.3 Å². The average Bonchev–Trinajstić information content (AvgIpc) is 3.09. The highest BCUT2D eigenvalue weighted by molar-refractivity contribution is 6.30. The van der Waals surface area contributed by atoms with Gasteiger partial charge < -0.3 is 4.74 Å². The highest BCUT2D eigenvalue weighted by atomic mass is 35.5. The molecule has 3 aromatic rings. The Labute approximate surface area is 138 Å². The van der Waals surface area contributed by atoms with Crippen molar-refractivity contribution in [3.8, 4) is 0 Å². The largest absolute Gasteiger partial charge is 0.452 e. The lowest BCUT2D eigenvalue weighted by molar-refractivity contribution is 0.0246. The molecule has 3 rings (SSSR count). The van der Waals surface area contributed by atoms with Crippen LogP contribution in [0, 0.1) is 0 Å². The van der Waals surface area contributed by atoms with Crippen LogP contribution in [0.4, 0.5) is 0 Å². The summed E-state index contributed by atoms with van der Waals surface area (Å²) in [5, 5.41) is 4.69. The first-order chi connectivity index (χ1) is 11.2. The van der Waals surface area contributed by atoms with Crippen molar-refractivity contribution in [1.29, 1.82) is 0 Å². The van der Waals surface area contributed by atoms with Gasteiger partial charge in [-0.25, -0.2) is 14.5 Å². The average molecular weight is 328 g/mol. The second kappa shape index (κ2) is 7.07. The molecule has 0 unspecified atom stereocenters. The summed E-state index contributed by atoms with van der Waals surface area (Å²) in [6.45, 7) is 0.375. The molecule has 0 bridgehead atoms. The molecule has 0 spiro atoms. The Morgan fingerprint density at radius 1 is 1.13 bits per heavy atom. The summed E-state index contributed by atoms with van der Waals surface area (Å²) in [6.07, 6.45) is 2.54. The standard InChI is InChI=1S/C17H14ClN3O2/c18-15-8-6-13(7-9-15)16(10-21-12-19-11-20-21)23-17(22)14-4-2-1-3-5-14/h1-9,11-12,16H,10H2/t16-/m0/s1. The Morgan fingerprint density at radius 2 is 1.87 bits per heavy atom. The number of esters is 1. The van der Waals surface area contributed by atoms with Crippen molar-refractivity contribution in [2.45, 2.75) is 12.6 Å². The van der Waals surface area contributed by atoms with Gasteiger partial charge in [0, 0.05) is 5.02 Å². The Hall–Kier alpha value is -2.66. The number of hydrogen-bond donors (Lipinski definition) is 0. The van der Waals surface area contributed by atoms with E-state index in [2.05, 4.69) is 10.1 Å². The summed E-state index contributed by atoms with van der Waals surface area (Å²) in [5.74, 6) is -0.384. The van der Waals surface area contributed by atoms with E-state index in [0.29, 0.717) is 17.1 Å². The van der Waals surface area contributed by atoms with Gasteiger partial charge in [0.2, 0.25) is 0 Å². The second-order valence-corrected chi connectivity index (χ2v) is 5.37. The Balaban J connectivity index is 1.82. The molecule has 0 amide bonds. The van der Waals surface area contributed by atoms with Crippen LogP contribution < -0.4 is 0 Å². The molecule has 5 nitrogen and oxygen atoms in total. The molecule has 0 radical (unpaired) electrons. The molecule has 0 saturated heterocycles. The first-order valence-electron chi connectivity index (χ1n) is 7.06. The molecule has 116 valence electrons. The molecule has 2 aromatic carbocycles. The minimum atomic E-state index is -0.485. The first-order valence-corrected chi connectivity index (χ1v) is 7.44. The number of benzene rings is 2. The molecular formula is C17H14ClN3O2. The van der Waals surface area contributed by atoms with Gasteiger partial charge >= 0.3 is 5.97 Å². The van der Waals surface area contributed by atoms with E-state index in [1.54, 1.807) is 47.4 Å². The topological polar surface area (TPSA) is 57.0 Å². The van der Waals surface area contributed by atoms with Gasteiger partial charge in [-0.3, -0.25) is 0 Å². The van der Waals surface area contributed by atoms with E-state index in [1.807, 2.05) is 18.2 Å². The summed E-state index contributed by atoms with van der Waals surface area (Å²) < 4.78 is 7.29. The third kappa shape index (κ3) is 3.96. The lowest BCUT2D eigenvalue weighted by atomic mass is 10.1. The predicted octanol–water partition coefficient (Wildman–Crippen LogP) is 3.53. The van der Waals surface area contributed by atoms with Crippen LogP contribution >= 0.6 is 11.6 Å². The van der Waals surface area contributed by atoms with Crippen molar-refractivity contribution >= 4 is 17.6 Å². The Kier molecular flexibility index (Phi) is 4.68. The number of halogens is 1. The molecule has 0 aliphatic carbocycles. The van der Waals surface area contributed by atoms with E-state index >= 15 is 0 Å². The van der Waals surface area contributed by atoms with Crippen LogP contribution in [0.2, 0.25) is 5.02 Å². The van der Waals surface area contributed by atoms with E-state index < -0.39 is 6.10 Å². The minimum absolute atomic E-state index is 0.375. The van der Waals surface area contributed by atoms with Crippen LogP contribution in [-0.2, 0) is 11.3 Å². The van der Waals surface area contributed by atoms with E-state index in [9.17, 15) is 4.79 Å². The molecular weight excluding hydrogens is 314 g/mol. The highest BCUT2D eigenvalue weighted by Gasteiger charge is 2.19. The lowest BCUT2D eigenvalue weighted by Crippen LogP contribution is -2.17. The predicted molar refractivity (Wildman–Crippen MR) is 86.1 cm³/mol. The number of nitrogens with zero attached hydrogens (tertiary/aromatic N) is 3. The monoisotopic (exact) mass is 327 g/mol. The summed E-state index contributed by atoms with van der Waals surface area (Å²) in [5.41, 5.74) is 1.35. The maximum absolute atomic E-state index is 12.3. The third-order valence-corrected chi connectivity index (χ3v) is 3.57. The number of carbonyl (C=O) groups is 1. The Morgan fingerprint density at radius 3 is 2.52 bits per heavy atom. The van der Waals surface area contributed by atoms with Gasteiger partial charge in [0.05, 0.1) is 12.1 Å². The van der Waals surface area contributed by atoms with Crippen LogP contribution in [0.25, 0.3) is 0 Å². The fourth-order valence-corrected chi connectivity index (χ4v) is 2.28. The molecule has 6 heteroatoms. The lowest BCUT2D eigenvalue weighted by Gasteiger charge is -2.18. The molecule has 0 fully saturated rings. The van der Waals surface area contributed by atoms with Crippen molar-refractivity contribution in [3.05, 3.63) is 83.4 Å². The van der Waals surface area contributed by atoms with Crippen molar-refractivity contribution in [2.24, 2.45) is 0 Å². The molecule has 1 aromatic heterocycles. The van der Waals surface area contributed by atoms with Gasteiger partial charge in [-0.1, -0.05) is 41.9 Å². The molecule has 1 heterocycles. The zero-order valence-corrected chi connectivity index (χ0v) is 12.9. The van der Waals surface area contributed by atoms with Crippen LogP contribution in [0.3, 0.4) is 0 Å². The van der Waals surface area contributed by atoms with Gasteiger partial charge in [0.25, 0.3) is 0 Å². The maximum atomic E-state index is 12.3. The molecule has 0 N–H and O–H groups in total. The third-order valence-electron chi connectivity index (χ3n) is 3.32. The minimum Gasteiger partial charge on any atom is -0.452 e. The van der Waals surface area contributed by atoms with E-state index in [1.165, 1.54) is 6.33 Å². The van der Waals surface area contributed by atoms with E-state index in [0.717, 1.165) is 5.56 Å². The van der Waals surface area contributed by atoms with Crippen molar-refractivity contribution in [3.63, 3.8) is 0 Å². The number of aromatic nitrogens is 3. The highest BCUT2D eigenvalue weighted by Crippen LogP contribution is 2.23. The second-order valence-electron chi connectivity index (χ2n) is 4.93. The van der Waals surface area contributed by atoms with Gasteiger partial charge in [-0.2, -0.15) is 5.10 Å². The number of hydrogen-bond acceptors (Lipinski definition) is 4. The van der Waals surface area contributed by atoms with E-state index in [-0.39, 0.29) is 5.97 Å². The zero-order valence-electron chi connectivity index (χ0n) is 12.2. The molecule has 23 heavy (non-hydrogen) atoms. The summed E-state index contributed by atoms with van der Waals surface area (Å²) in [7, 11) is 0. The van der Waals surface area contributed by atoms with Crippen molar-refractivity contribution in [2.75, 3.05) is 0 Å². The fraction of sp³-hybridized carbons (Fsp3) is 0.118. The number of carbonyl (C=O) groups excluding carboxylic acids is 1. The fourth-order valence-electron chi connectivity index (χ4n) is 2.16. The van der Waals surface area contributed by atoms with Gasteiger partial charge in [-0.05, 0) is 29.8 Å². The van der Waals surface area contributed by atoms with Crippen LogP contribution in [0.5, 0.6) is 0 Å². The molecule has 0 aliphatic heterocycles. The van der Waals surface area contributed by atoms with Gasteiger partial charge in [0.15, 0.2) is 0 Å². The first kappa shape index (κ1) is 15.2. The zero-order chi connectivity index (χ0) is 16.1. The Bertz CT molecular complexity index is 758. The van der Waals surface area contributed by atoms with Crippen LogP contribution in [0.1, 0.15) is 22.0 Å². The smallest absolute Gasteiger partial charge is 0.338 e. The summed E-state index contributed by atoms with van der Waals surface area (Å²) >= 11 is 5.93.